The molecule has 1 saturated heterocycles. The second kappa shape index (κ2) is 7.65. The maximum atomic E-state index is 13.0. The highest BCUT2D eigenvalue weighted by Gasteiger charge is 2.31. The number of nitrogens with zero attached hydrogens (tertiary/aromatic N) is 4. The number of nitrogens with one attached hydrogen (secondary N) is 1. The molecule has 1 unspecified atom stereocenters. The maximum absolute atomic E-state index is 13.0. The summed E-state index contributed by atoms with van der Waals surface area (Å²) in [7, 11) is 0. The fourth-order valence-corrected chi connectivity index (χ4v) is 3.52. The summed E-state index contributed by atoms with van der Waals surface area (Å²) < 4.78 is 39.0. The van der Waals surface area contributed by atoms with Gasteiger partial charge in [-0.3, -0.25) is 14.9 Å². The maximum Gasteiger partial charge on any atom is 0.416 e. The molecule has 3 aromatic rings. The van der Waals surface area contributed by atoms with Crippen LogP contribution in [0, 0.1) is 0 Å². The molecule has 6 nitrogen and oxygen atoms in total. The molecule has 1 N–H and O–H groups in total. The Morgan fingerprint density at radius 1 is 1.21 bits per heavy atom. The van der Waals surface area contributed by atoms with E-state index in [9.17, 15) is 18.0 Å². The normalized spacial score (nSPS) is 17.3. The Balaban J connectivity index is 1.56. The first-order valence-corrected chi connectivity index (χ1v) is 9.20. The molecular formula is C20H18F3N5O. The van der Waals surface area contributed by atoms with Crippen LogP contribution < -0.4 is 0 Å². The fourth-order valence-electron chi connectivity index (χ4n) is 3.52. The lowest BCUT2D eigenvalue weighted by Crippen LogP contribution is -2.39. The van der Waals surface area contributed by atoms with Crippen LogP contribution in [0.5, 0.6) is 0 Å². The summed E-state index contributed by atoms with van der Waals surface area (Å²) in [6.07, 6.45) is 1.81. The van der Waals surface area contributed by atoms with Gasteiger partial charge in [-0.1, -0.05) is 12.1 Å². The van der Waals surface area contributed by atoms with Crippen molar-refractivity contribution in [1.29, 1.82) is 0 Å². The number of benzene rings is 1. The summed E-state index contributed by atoms with van der Waals surface area (Å²) in [5.41, 5.74) is 1.11. The Morgan fingerprint density at radius 2 is 2.07 bits per heavy atom. The molecule has 4 rings (SSSR count). The quantitative estimate of drug-likeness (QED) is 0.722. The van der Waals surface area contributed by atoms with Gasteiger partial charge in [0.1, 0.15) is 5.69 Å². The van der Waals surface area contributed by atoms with Crippen molar-refractivity contribution in [3.63, 3.8) is 0 Å². The second-order valence-corrected chi connectivity index (χ2v) is 6.97. The van der Waals surface area contributed by atoms with Crippen LogP contribution >= 0.6 is 0 Å². The Morgan fingerprint density at radius 3 is 2.83 bits per heavy atom. The van der Waals surface area contributed by atoms with Crippen molar-refractivity contribution in [3.8, 4) is 11.3 Å². The molecule has 1 fully saturated rings. The SMILES string of the molecule is O=C(c1ccn[nH]1)N1CCCC(c2cncc(-c3cccc(C(F)(F)F)c3)n2)C1. The van der Waals surface area contributed by atoms with Crippen molar-refractivity contribution >= 4 is 5.91 Å². The van der Waals surface area contributed by atoms with Crippen LogP contribution in [-0.4, -0.2) is 44.1 Å². The number of hydrogen-bond acceptors (Lipinski definition) is 4. The number of amides is 1. The molecule has 0 radical (unpaired) electrons. The number of rotatable bonds is 3. The van der Waals surface area contributed by atoms with Crippen molar-refractivity contribution in [2.75, 3.05) is 13.1 Å². The van der Waals surface area contributed by atoms with Crippen LogP contribution in [0.15, 0.2) is 48.9 Å². The summed E-state index contributed by atoms with van der Waals surface area (Å²) >= 11 is 0. The van der Waals surface area contributed by atoms with Crippen LogP contribution in [-0.2, 0) is 6.18 Å². The number of halogens is 3. The predicted octanol–water partition coefficient (Wildman–Crippen LogP) is 3.91. The zero-order valence-electron chi connectivity index (χ0n) is 15.4. The van der Waals surface area contributed by atoms with Gasteiger partial charge in [-0.25, -0.2) is 4.98 Å². The molecule has 1 aliphatic heterocycles. The molecule has 2 aromatic heterocycles. The average molecular weight is 401 g/mol. The number of likely N-dealkylation sites (tertiary alicyclic amines) is 1. The van der Waals surface area contributed by atoms with Crippen molar-refractivity contribution in [2.45, 2.75) is 24.9 Å². The number of aromatic nitrogens is 4. The fraction of sp³-hybridized carbons (Fsp3) is 0.300. The molecule has 0 spiro atoms. The van der Waals surface area contributed by atoms with Crippen molar-refractivity contribution in [1.82, 2.24) is 25.1 Å². The Kier molecular flexibility index (Phi) is 5.04. The third-order valence-corrected chi connectivity index (χ3v) is 5.00. The third kappa shape index (κ3) is 4.13. The lowest BCUT2D eigenvalue weighted by atomic mass is 9.94. The van der Waals surface area contributed by atoms with E-state index in [0.29, 0.717) is 35.7 Å². The first kappa shape index (κ1) is 19.1. The van der Waals surface area contributed by atoms with Gasteiger partial charge in [0.25, 0.3) is 5.91 Å². The molecule has 0 saturated carbocycles. The van der Waals surface area contributed by atoms with Crippen LogP contribution in [0.3, 0.4) is 0 Å². The Bertz CT molecular complexity index is 1000. The zero-order valence-corrected chi connectivity index (χ0v) is 15.4. The van der Waals surface area contributed by atoms with E-state index in [4.69, 9.17) is 0 Å². The summed E-state index contributed by atoms with van der Waals surface area (Å²) in [4.78, 5) is 23.0. The summed E-state index contributed by atoms with van der Waals surface area (Å²) in [6, 6.07) is 6.67. The molecule has 9 heteroatoms. The van der Waals surface area contributed by atoms with E-state index in [-0.39, 0.29) is 11.8 Å². The average Bonchev–Trinajstić information content (AvgIpc) is 3.28. The van der Waals surface area contributed by atoms with E-state index in [1.807, 2.05) is 0 Å². The minimum absolute atomic E-state index is 0.0335. The standard InChI is InChI=1S/C20H18F3N5O/c21-20(22,23)15-5-1-3-13(9-15)17-10-24-11-18(26-17)14-4-2-8-28(12-14)19(29)16-6-7-25-27-16/h1,3,5-7,9-11,14H,2,4,8,12H2,(H,25,27). The summed E-state index contributed by atoms with van der Waals surface area (Å²) in [6.45, 7) is 1.10. The van der Waals surface area contributed by atoms with Gasteiger partial charge in [0.05, 0.1) is 23.1 Å². The number of carbonyl (C=O) groups excluding carboxylic acids is 1. The van der Waals surface area contributed by atoms with Gasteiger partial charge in [-0.05, 0) is 31.0 Å². The molecule has 1 aliphatic rings. The molecule has 0 aliphatic carbocycles. The highest BCUT2D eigenvalue weighted by molar-refractivity contribution is 5.92. The van der Waals surface area contributed by atoms with Gasteiger partial charge in [0, 0.05) is 37.0 Å². The predicted molar refractivity (Wildman–Crippen MR) is 98.9 cm³/mol. The van der Waals surface area contributed by atoms with Gasteiger partial charge in [-0.15, -0.1) is 0 Å². The molecular weight excluding hydrogens is 383 g/mol. The third-order valence-electron chi connectivity index (χ3n) is 5.00. The second-order valence-electron chi connectivity index (χ2n) is 6.97. The van der Waals surface area contributed by atoms with E-state index in [0.717, 1.165) is 25.0 Å². The molecule has 1 aromatic carbocycles. The highest BCUT2D eigenvalue weighted by atomic mass is 19.4. The van der Waals surface area contributed by atoms with E-state index in [2.05, 4.69) is 20.2 Å². The summed E-state index contributed by atoms with van der Waals surface area (Å²) in [5, 5.41) is 6.49. The van der Waals surface area contributed by atoms with Crippen LogP contribution in [0.1, 0.15) is 40.5 Å². The Hall–Kier alpha value is -3.23. The minimum Gasteiger partial charge on any atom is -0.337 e. The first-order valence-electron chi connectivity index (χ1n) is 9.20. The van der Waals surface area contributed by atoms with Gasteiger partial charge in [-0.2, -0.15) is 18.3 Å². The van der Waals surface area contributed by atoms with Crippen molar-refractivity contribution in [3.05, 3.63) is 65.9 Å². The molecule has 1 amide bonds. The lowest BCUT2D eigenvalue weighted by molar-refractivity contribution is -0.137. The van der Waals surface area contributed by atoms with Crippen molar-refractivity contribution in [2.24, 2.45) is 0 Å². The Labute approximate surface area is 164 Å². The van der Waals surface area contributed by atoms with Gasteiger partial charge in [0.15, 0.2) is 0 Å². The smallest absolute Gasteiger partial charge is 0.337 e. The van der Waals surface area contributed by atoms with E-state index >= 15 is 0 Å². The van der Waals surface area contributed by atoms with Crippen LogP contribution in [0.2, 0.25) is 0 Å². The number of aromatic amines is 1. The van der Waals surface area contributed by atoms with Crippen LogP contribution in [0.25, 0.3) is 11.3 Å². The topological polar surface area (TPSA) is 74.8 Å². The molecule has 3 heterocycles. The van der Waals surface area contributed by atoms with E-state index in [1.165, 1.54) is 18.5 Å². The van der Waals surface area contributed by atoms with E-state index in [1.54, 1.807) is 23.2 Å². The van der Waals surface area contributed by atoms with Gasteiger partial charge >= 0.3 is 6.18 Å². The van der Waals surface area contributed by atoms with E-state index < -0.39 is 11.7 Å². The highest BCUT2D eigenvalue weighted by Crippen LogP contribution is 2.32. The largest absolute Gasteiger partial charge is 0.416 e. The number of H-pyrrole nitrogens is 1. The van der Waals surface area contributed by atoms with Crippen molar-refractivity contribution < 1.29 is 18.0 Å². The lowest BCUT2D eigenvalue weighted by Gasteiger charge is -2.32. The minimum atomic E-state index is -4.42. The number of carbonyl (C=O) groups is 1. The monoisotopic (exact) mass is 401 g/mol. The molecule has 29 heavy (non-hydrogen) atoms. The zero-order chi connectivity index (χ0) is 20.4. The molecule has 0 bridgehead atoms. The molecule has 1 atom stereocenters. The first-order chi connectivity index (χ1) is 13.9. The molecule has 150 valence electrons. The van der Waals surface area contributed by atoms with Crippen LogP contribution in [0.4, 0.5) is 13.2 Å². The van der Waals surface area contributed by atoms with Gasteiger partial charge in [0.2, 0.25) is 0 Å². The number of hydrogen-bond donors (Lipinski definition) is 1. The van der Waals surface area contributed by atoms with Gasteiger partial charge < -0.3 is 4.90 Å². The number of alkyl halides is 3. The summed E-state index contributed by atoms with van der Waals surface area (Å²) in [5.74, 6) is -0.164. The number of piperidine rings is 1.